The molecule has 1 saturated heterocycles. The molecule has 1 aromatic rings. The van der Waals surface area contributed by atoms with E-state index in [1.807, 2.05) is 4.90 Å². The van der Waals surface area contributed by atoms with Crippen LogP contribution in [-0.2, 0) is 0 Å². The molecule has 1 heterocycles. The maximum Gasteiger partial charge on any atom is 0.391 e. The van der Waals surface area contributed by atoms with Gasteiger partial charge >= 0.3 is 12.1 Å². The second-order valence-electron chi connectivity index (χ2n) is 9.15. The molecule has 0 amide bonds. The summed E-state index contributed by atoms with van der Waals surface area (Å²) in [5.74, 6) is -1.48. The number of nitro benzene ring substituents is 1. The molecule has 0 aromatic heterocycles. The summed E-state index contributed by atoms with van der Waals surface area (Å²) in [5.41, 5.74) is 0.900. The van der Waals surface area contributed by atoms with E-state index in [0.717, 1.165) is 25.6 Å². The predicted molar refractivity (Wildman–Crippen MR) is 109 cm³/mol. The number of fused-ring (bicyclic) bond motifs is 1. The van der Waals surface area contributed by atoms with E-state index in [2.05, 4.69) is 0 Å². The van der Waals surface area contributed by atoms with Crippen LogP contribution >= 0.6 is 0 Å². The van der Waals surface area contributed by atoms with Crippen LogP contribution in [0.25, 0.3) is 0 Å². The smallest absolute Gasteiger partial charge is 0.391 e. The number of aromatic carboxylic acids is 1. The van der Waals surface area contributed by atoms with Gasteiger partial charge in [0.25, 0.3) is 5.69 Å². The molecular formula is C21H26F3N3O4. The molecule has 0 unspecified atom stereocenters. The Kier molecular flexibility index (Phi) is 5.29. The first-order chi connectivity index (χ1) is 14.5. The van der Waals surface area contributed by atoms with Crippen molar-refractivity contribution in [2.24, 2.45) is 17.8 Å². The van der Waals surface area contributed by atoms with Gasteiger partial charge in [-0.2, -0.15) is 13.2 Å². The number of anilines is 2. The molecule has 4 rings (SSSR count). The van der Waals surface area contributed by atoms with E-state index in [-0.39, 0.29) is 43.0 Å². The van der Waals surface area contributed by atoms with E-state index in [1.54, 1.807) is 18.9 Å². The zero-order valence-corrected chi connectivity index (χ0v) is 17.5. The Bertz CT molecular complexity index is 902. The van der Waals surface area contributed by atoms with Crippen molar-refractivity contribution in [3.05, 3.63) is 27.3 Å². The molecule has 10 heteroatoms. The second-order valence-corrected chi connectivity index (χ2v) is 9.15. The van der Waals surface area contributed by atoms with Gasteiger partial charge in [-0.1, -0.05) is 0 Å². The number of rotatable bonds is 5. The molecule has 2 aliphatic carbocycles. The van der Waals surface area contributed by atoms with Crippen LogP contribution in [0.5, 0.6) is 0 Å². The Balaban J connectivity index is 1.70. The highest BCUT2D eigenvalue weighted by molar-refractivity contribution is 5.99. The number of hydrogen-bond donors (Lipinski definition) is 1. The molecular weight excluding hydrogens is 415 g/mol. The molecule has 1 N–H and O–H groups in total. The molecule has 170 valence electrons. The van der Waals surface area contributed by atoms with Crippen molar-refractivity contribution in [3.8, 4) is 0 Å². The summed E-state index contributed by atoms with van der Waals surface area (Å²) >= 11 is 0. The van der Waals surface area contributed by atoms with E-state index in [0.29, 0.717) is 28.8 Å². The first-order valence-electron chi connectivity index (χ1n) is 10.6. The monoisotopic (exact) mass is 441 g/mol. The highest BCUT2D eigenvalue weighted by Crippen LogP contribution is 2.50. The number of benzene rings is 1. The molecule has 3 aliphatic rings. The fourth-order valence-electron chi connectivity index (χ4n) is 5.49. The number of nitro groups is 1. The molecule has 3 fully saturated rings. The number of carboxylic acids is 1. The van der Waals surface area contributed by atoms with Crippen molar-refractivity contribution in [1.82, 2.24) is 0 Å². The zero-order chi connectivity index (χ0) is 22.7. The highest BCUT2D eigenvalue weighted by Gasteiger charge is 2.47. The van der Waals surface area contributed by atoms with Crippen molar-refractivity contribution in [1.29, 1.82) is 0 Å². The molecule has 2 saturated carbocycles. The molecule has 1 aliphatic heterocycles. The van der Waals surface area contributed by atoms with Crippen molar-refractivity contribution in [3.63, 3.8) is 0 Å². The average Bonchev–Trinajstić information content (AvgIpc) is 3.31. The average molecular weight is 441 g/mol. The number of carbonyl (C=O) groups is 1. The third-order valence-electron chi connectivity index (χ3n) is 7.27. The van der Waals surface area contributed by atoms with Gasteiger partial charge in [0, 0.05) is 37.8 Å². The minimum Gasteiger partial charge on any atom is -0.478 e. The van der Waals surface area contributed by atoms with Crippen LogP contribution in [0.2, 0.25) is 0 Å². The van der Waals surface area contributed by atoms with Crippen LogP contribution < -0.4 is 9.80 Å². The summed E-state index contributed by atoms with van der Waals surface area (Å²) in [6.45, 7) is 3.14. The van der Waals surface area contributed by atoms with Crippen LogP contribution in [-0.4, -0.2) is 48.4 Å². The van der Waals surface area contributed by atoms with E-state index in [1.165, 1.54) is 0 Å². The van der Waals surface area contributed by atoms with Gasteiger partial charge in [0.1, 0.15) is 5.69 Å². The van der Waals surface area contributed by atoms with Gasteiger partial charge in [-0.25, -0.2) is 4.79 Å². The molecule has 1 aromatic carbocycles. The fraction of sp³-hybridized carbons (Fsp3) is 0.667. The number of hydrogen-bond acceptors (Lipinski definition) is 5. The van der Waals surface area contributed by atoms with Crippen molar-refractivity contribution in [2.45, 2.75) is 51.2 Å². The third kappa shape index (κ3) is 3.92. The number of carboxylic acid groups (broad SMARTS) is 1. The topological polar surface area (TPSA) is 86.9 Å². The summed E-state index contributed by atoms with van der Waals surface area (Å²) in [6.07, 6.45) is -2.57. The van der Waals surface area contributed by atoms with Crippen LogP contribution in [0.4, 0.5) is 30.2 Å². The van der Waals surface area contributed by atoms with Gasteiger partial charge in [-0.15, -0.1) is 0 Å². The fourth-order valence-corrected chi connectivity index (χ4v) is 5.49. The highest BCUT2D eigenvalue weighted by atomic mass is 19.4. The summed E-state index contributed by atoms with van der Waals surface area (Å²) in [7, 11) is 1.67. The Labute approximate surface area is 178 Å². The van der Waals surface area contributed by atoms with Gasteiger partial charge in [0.2, 0.25) is 0 Å². The van der Waals surface area contributed by atoms with Crippen LogP contribution in [0.1, 0.15) is 48.0 Å². The largest absolute Gasteiger partial charge is 0.478 e. The summed E-state index contributed by atoms with van der Waals surface area (Å²) in [6, 6.07) is 0.841. The van der Waals surface area contributed by atoms with E-state index in [4.69, 9.17) is 0 Å². The molecule has 31 heavy (non-hydrogen) atoms. The van der Waals surface area contributed by atoms with Gasteiger partial charge in [0.05, 0.1) is 22.1 Å². The first-order valence-corrected chi connectivity index (χ1v) is 10.6. The van der Waals surface area contributed by atoms with E-state index >= 15 is 0 Å². The quantitative estimate of drug-likeness (QED) is 0.530. The number of alkyl halides is 3. The van der Waals surface area contributed by atoms with Crippen molar-refractivity contribution >= 4 is 23.0 Å². The van der Waals surface area contributed by atoms with E-state index < -0.39 is 23.0 Å². The summed E-state index contributed by atoms with van der Waals surface area (Å²) in [5, 5.41) is 21.6. The molecule has 0 radical (unpaired) electrons. The third-order valence-corrected chi connectivity index (χ3v) is 7.27. The minimum atomic E-state index is -4.22. The Morgan fingerprint density at radius 3 is 2.29 bits per heavy atom. The summed E-state index contributed by atoms with van der Waals surface area (Å²) in [4.78, 5) is 26.9. The molecule has 0 spiro atoms. The lowest BCUT2D eigenvalue weighted by Gasteiger charge is -2.37. The lowest BCUT2D eigenvalue weighted by Crippen LogP contribution is -2.39. The maximum absolute atomic E-state index is 13.0. The van der Waals surface area contributed by atoms with Crippen molar-refractivity contribution in [2.75, 3.05) is 29.9 Å². The summed E-state index contributed by atoms with van der Waals surface area (Å²) < 4.78 is 39.1. The van der Waals surface area contributed by atoms with Gasteiger partial charge in [0.15, 0.2) is 0 Å². The second kappa shape index (κ2) is 7.56. The normalized spacial score (nSPS) is 27.7. The van der Waals surface area contributed by atoms with Crippen LogP contribution in [0, 0.1) is 34.8 Å². The van der Waals surface area contributed by atoms with Gasteiger partial charge < -0.3 is 14.9 Å². The Morgan fingerprint density at radius 1 is 1.23 bits per heavy atom. The molecule has 7 nitrogen and oxygen atoms in total. The van der Waals surface area contributed by atoms with Crippen LogP contribution in [0.3, 0.4) is 0 Å². The number of nitrogens with zero attached hydrogens (tertiary/aromatic N) is 3. The predicted octanol–water partition coefficient (Wildman–Crippen LogP) is 4.61. The lowest BCUT2D eigenvalue weighted by molar-refractivity contribution is -0.384. The Hall–Kier alpha value is -2.52. The standard InChI is InChI=1S/C21H26F3N3O4/c1-11-18(26-9-12-7-13(12)10-26)16(20(28)29)8-17(27(30)31)19(11)25(2)15-5-3-14(4-6-15)21(22,23)24/h8,12-15H,3-7,9-10H2,1-2H3,(H,28,29)/t12-,13-,14?,15?/m0/s1. The zero-order valence-electron chi connectivity index (χ0n) is 17.5. The minimum absolute atomic E-state index is 0.0130. The molecule has 0 bridgehead atoms. The lowest BCUT2D eigenvalue weighted by atomic mass is 9.84. The number of piperidine rings is 1. The van der Waals surface area contributed by atoms with E-state index in [9.17, 15) is 33.2 Å². The first kappa shape index (κ1) is 21.7. The van der Waals surface area contributed by atoms with Gasteiger partial charge in [-0.05, 0) is 50.9 Å². The van der Waals surface area contributed by atoms with Crippen molar-refractivity contribution < 1.29 is 28.0 Å². The van der Waals surface area contributed by atoms with Gasteiger partial charge in [-0.3, -0.25) is 10.1 Å². The SMILES string of the molecule is Cc1c(N2C[C@@H]3C[C@H]3C2)c(C(=O)O)cc([N+](=O)[O-])c1N(C)C1CCC(C(F)(F)F)CC1. The van der Waals surface area contributed by atoms with Crippen LogP contribution in [0.15, 0.2) is 6.07 Å². The Morgan fingerprint density at radius 2 is 1.81 bits per heavy atom. The molecule has 2 atom stereocenters. The maximum atomic E-state index is 13.0. The number of halogens is 3.